The van der Waals surface area contributed by atoms with Crippen molar-refractivity contribution in [2.24, 2.45) is 0 Å². The van der Waals surface area contributed by atoms with E-state index < -0.39 is 11.7 Å². The Morgan fingerprint density at radius 2 is 1.89 bits per heavy atom. The monoisotopic (exact) mass is 269 g/mol. The van der Waals surface area contributed by atoms with Crippen molar-refractivity contribution in [1.29, 1.82) is 0 Å². The van der Waals surface area contributed by atoms with Crippen molar-refractivity contribution in [1.82, 2.24) is 5.32 Å². The van der Waals surface area contributed by atoms with Crippen molar-refractivity contribution in [2.45, 2.75) is 37.9 Å². The average Bonchev–Trinajstić information content (AvgIpc) is 2.37. The summed E-state index contributed by atoms with van der Waals surface area (Å²) in [4.78, 5) is 0. The molecule has 0 aliphatic carbocycles. The summed E-state index contributed by atoms with van der Waals surface area (Å²) in [7, 11) is 1.85. The van der Waals surface area contributed by atoms with E-state index in [1.807, 2.05) is 7.05 Å². The highest BCUT2D eigenvalue weighted by Gasteiger charge is 2.29. The SMILES string of the molecule is C#CCCCC(Cc1ccc(C(F)(F)F)cc1)NC. The number of halogens is 3. The Morgan fingerprint density at radius 1 is 1.26 bits per heavy atom. The van der Waals surface area contributed by atoms with Gasteiger partial charge in [0.25, 0.3) is 0 Å². The molecule has 104 valence electrons. The van der Waals surface area contributed by atoms with Gasteiger partial charge in [-0.15, -0.1) is 12.3 Å². The Labute approximate surface area is 112 Å². The van der Waals surface area contributed by atoms with Gasteiger partial charge in [0.05, 0.1) is 5.56 Å². The van der Waals surface area contributed by atoms with Gasteiger partial charge in [0, 0.05) is 12.5 Å². The summed E-state index contributed by atoms with van der Waals surface area (Å²) in [6.07, 6.45) is 4.19. The number of benzene rings is 1. The quantitative estimate of drug-likeness (QED) is 0.614. The van der Waals surface area contributed by atoms with Crippen LogP contribution >= 0.6 is 0 Å². The molecule has 1 atom stereocenters. The molecule has 0 heterocycles. The largest absolute Gasteiger partial charge is 0.416 e. The van der Waals surface area contributed by atoms with E-state index in [0.717, 1.165) is 37.0 Å². The third-order valence-electron chi connectivity index (χ3n) is 3.05. The first-order chi connectivity index (χ1) is 8.97. The van der Waals surface area contributed by atoms with E-state index in [2.05, 4.69) is 11.2 Å². The van der Waals surface area contributed by atoms with Crippen molar-refractivity contribution < 1.29 is 13.2 Å². The van der Waals surface area contributed by atoms with Crippen LogP contribution in [0.5, 0.6) is 0 Å². The van der Waals surface area contributed by atoms with E-state index >= 15 is 0 Å². The smallest absolute Gasteiger partial charge is 0.317 e. The number of hydrogen-bond acceptors (Lipinski definition) is 1. The summed E-state index contributed by atoms with van der Waals surface area (Å²) in [6, 6.07) is 5.57. The number of nitrogens with one attached hydrogen (secondary N) is 1. The summed E-state index contributed by atoms with van der Waals surface area (Å²) in [6.45, 7) is 0. The molecule has 4 heteroatoms. The highest BCUT2D eigenvalue weighted by molar-refractivity contribution is 5.25. The van der Waals surface area contributed by atoms with Crippen LogP contribution in [0.3, 0.4) is 0 Å². The highest BCUT2D eigenvalue weighted by Crippen LogP contribution is 2.29. The van der Waals surface area contributed by atoms with Crippen LogP contribution in [0.4, 0.5) is 13.2 Å². The van der Waals surface area contributed by atoms with E-state index in [1.165, 1.54) is 12.1 Å². The molecule has 0 spiro atoms. The summed E-state index contributed by atoms with van der Waals surface area (Å²) >= 11 is 0. The van der Waals surface area contributed by atoms with Gasteiger partial charge in [-0.3, -0.25) is 0 Å². The molecule has 0 aromatic heterocycles. The molecule has 0 saturated heterocycles. The zero-order valence-corrected chi connectivity index (χ0v) is 10.9. The van der Waals surface area contributed by atoms with Crippen molar-refractivity contribution in [3.8, 4) is 12.3 Å². The molecule has 0 bridgehead atoms. The van der Waals surface area contributed by atoms with Crippen LogP contribution in [-0.2, 0) is 12.6 Å². The van der Waals surface area contributed by atoms with Gasteiger partial charge in [0.1, 0.15) is 0 Å². The summed E-state index contributed by atoms with van der Waals surface area (Å²) in [5, 5.41) is 3.16. The highest BCUT2D eigenvalue weighted by atomic mass is 19.4. The maximum atomic E-state index is 12.4. The van der Waals surface area contributed by atoms with Crippen LogP contribution in [0, 0.1) is 12.3 Å². The fourth-order valence-corrected chi connectivity index (χ4v) is 1.91. The predicted molar refractivity (Wildman–Crippen MR) is 70.7 cm³/mol. The maximum Gasteiger partial charge on any atom is 0.416 e. The molecule has 19 heavy (non-hydrogen) atoms. The van der Waals surface area contributed by atoms with Crippen molar-refractivity contribution in [3.05, 3.63) is 35.4 Å². The van der Waals surface area contributed by atoms with Gasteiger partial charge >= 0.3 is 6.18 Å². The van der Waals surface area contributed by atoms with Gasteiger partial charge in [-0.05, 0) is 44.0 Å². The first-order valence-electron chi connectivity index (χ1n) is 6.24. The van der Waals surface area contributed by atoms with Crippen LogP contribution in [0.25, 0.3) is 0 Å². The van der Waals surface area contributed by atoms with Crippen LogP contribution in [0.2, 0.25) is 0 Å². The Balaban J connectivity index is 2.58. The standard InChI is InChI=1S/C15H18F3N/c1-3-4-5-6-14(19-2)11-12-7-9-13(10-8-12)15(16,17)18/h1,7-10,14,19H,4-6,11H2,2H3. The van der Waals surface area contributed by atoms with Crippen LogP contribution in [-0.4, -0.2) is 13.1 Å². The van der Waals surface area contributed by atoms with Crippen molar-refractivity contribution in [2.75, 3.05) is 7.05 Å². The molecule has 1 nitrogen and oxygen atoms in total. The predicted octanol–water partition coefficient (Wildman–Crippen LogP) is 3.64. The minimum atomic E-state index is -4.27. The third-order valence-corrected chi connectivity index (χ3v) is 3.05. The number of alkyl halides is 3. The van der Waals surface area contributed by atoms with Crippen LogP contribution < -0.4 is 5.32 Å². The van der Waals surface area contributed by atoms with E-state index in [0.29, 0.717) is 6.42 Å². The molecule has 0 aliphatic rings. The van der Waals surface area contributed by atoms with E-state index in [1.54, 1.807) is 0 Å². The normalized spacial score (nSPS) is 13.0. The lowest BCUT2D eigenvalue weighted by atomic mass is 10.00. The van der Waals surface area contributed by atoms with Crippen molar-refractivity contribution >= 4 is 0 Å². The average molecular weight is 269 g/mol. The van der Waals surface area contributed by atoms with E-state index in [-0.39, 0.29) is 6.04 Å². The number of terminal acetylenes is 1. The lowest BCUT2D eigenvalue weighted by molar-refractivity contribution is -0.137. The molecule has 0 radical (unpaired) electrons. The second-order valence-electron chi connectivity index (χ2n) is 4.48. The zero-order valence-electron chi connectivity index (χ0n) is 10.9. The lowest BCUT2D eigenvalue weighted by Gasteiger charge is -2.16. The van der Waals surface area contributed by atoms with Gasteiger partial charge < -0.3 is 5.32 Å². The minimum Gasteiger partial charge on any atom is -0.317 e. The molecular formula is C15H18F3N. The van der Waals surface area contributed by atoms with Crippen LogP contribution in [0.15, 0.2) is 24.3 Å². The molecule has 1 aromatic rings. The number of hydrogen-bond donors (Lipinski definition) is 1. The molecule has 0 amide bonds. The summed E-state index contributed by atoms with van der Waals surface area (Å²) in [5.74, 6) is 2.58. The second kappa shape index (κ2) is 7.20. The topological polar surface area (TPSA) is 12.0 Å². The summed E-state index contributed by atoms with van der Waals surface area (Å²) < 4.78 is 37.3. The Bertz CT molecular complexity index is 415. The molecule has 1 aromatic carbocycles. The zero-order chi connectivity index (χ0) is 14.3. The number of unbranched alkanes of at least 4 members (excludes halogenated alkanes) is 1. The molecule has 1 unspecified atom stereocenters. The maximum absolute atomic E-state index is 12.4. The first-order valence-corrected chi connectivity index (χ1v) is 6.24. The minimum absolute atomic E-state index is 0.241. The Morgan fingerprint density at radius 3 is 2.37 bits per heavy atom. The third kappa shape index (κ3) is 5.35. The fraction of sp³-hybridized carbons (Fsp3) is 0.467. The Hall–Kier alpha value is -1.47. The van der Waals surface area contributed by atoms with Gasteiger partial charge in [-0.1, -0.05) is 12.1 Å². The van der Waals surface area contributed by atoms with E-state index in [9.17, 15) is 13.2 Å². The van der Waals surface area contributed by atoms with Gasteiger partial charge in [0.2, 0.25) is 0 Å². The molecule has 0 aliphatic heterocycles. The number of likely N-dealkylation sites (N-methyl/N-ethyl adjacent to an activating group) is 1. The van der Waals surface area contributed by atoms with E-state index in [4.69, 9.17) is 6.42 Å². The van der Waals surface area contributed by atoms with Crippen molar-refractivity contribution in [3.63, 3.8) is 0 Å². The summed E-state index contributed by atoms with van der Waals surface area (Å²) in [5.41, 5.74) is 0.289. The number of rotatable bonds is 6. The molecular weight excluding hydrogens is 251 g/mol. The molecule has 1 N–H and O–H groups in total. The first kappa shape index (κ1) is 15.6. The fourth-order valence-electron chi connectivity index (χ4n) is 1.91. The van der Waals surface area contributed by atoms with Gasteiger partial charge in [-0.2, -0.15) is 13.2 Å². The second-order valence-corrected chi connectivity index (χ2v) is 4.48. The Kier molecular flexibility index (Phi) is 5.91. The van der Waals surface area contributed by atoms with Crippen LogP contribution in [0.1, 0.15) is 30.4 Å². The van der Waals surface area contributed by atoms with Gasteiger partial charge in [0.15, 0.2) is 0 Å². The molecule has 0 fully saturated rings. The lowest BCUT2D eigenvalue weighted by Crippen LogP contribution is -2.27. The molecule has 1 rings (SSSR count). The molecule has 0 saturated carbocycles. The van der Waals surface area contributed by atoms with Gasteiger partial charge in [-0.25, -0.2) is 0 Å².